The van der Waals surface area contributed by atoms with Crippen molar-refractivity contribution in [2.45, 2.75) is 52.1 Å². The fourth-order valence-electron chi connectivity index (χ4n) is 1.32. The molecule has 1 N–H and O–H groups in total. The SMILES string of the molecule is CCCSCCC(C)(C#N)NC(C)C. The Labute approximate surface area is 92.5 Å². The molecule has 0 bridgehead atoms. The molecule has 14 heavy (non-hydrogen) atoms. The van der Waals surface area contributed by atoms with Gasteiger partial charge in [0.15, 0.2) is 0 Å². The zero-order valence-electron chi connectivity index (χ0n) is 9.76. The van der Waals surface area contributed by atoms with Gasteiger partial charge in [0.1, 0.15) is 5.54 Å². The molecule has 0 amide bonds. The van der Waals surface area contributed by atoms with Crippen molar-refractivity contribution in [3.05, 3.63) is 0 Å². The fraction of sp³-hybridized carbons (Fsp3) is 0.909. The summed E-state index contributed by atoms with van der Waals surface area (Å²) in [4.78, 5) is 0. The first-order chi connectivity index (χ1) is 6.54. The van der Waals surface area contributed by atoms with Crippen LogP contribution in [-0.4, -0.2) is 23.1 Å². The van der Waals surface area contributed by atoms with E-state index in [1.807, 2.05) is 18.7 Å². The van der Waals surface area contributed by atoms with Crippen LogP contribution < -0.4 is 5.32 Å². The summed E-state index contributed by atoms with van der Waals surface area (Å²) in [6, 6.07) is 2.73. The van der Waals surface area contributed by atoms with Crippen LogP contribution in [0.25, 0.3) is 0 Å². The maximum absolute atomic E-state index is 9.07. The highest BCUT2D eigenvalue weighted by molar-refractivity contribution is 7.99. The number of hydrogen-bond donors (Lipinski definition) is 1. The minimum absolute atomic E-state index is 0.352. The third kappa shape index (κ3) is 6.28. The molecule has 0 aliphatic carbocycles. The van der Waals surface area contributed by atoms with E-state index in [1.54, 1.807) is 0 Å². The summed E-state index contributed by atoms with van der Waals surface area (Å²) in [5.74, 6) is 2.26. The molecule has 0 spiro atoms. The maximum Gasteiger partial charge on any atom is 0.104 e. The van der Waals surface area contributed by atoms with E-state index in [0.717, 1.165) is 12.2 Å². The topological polar surface area (TPSA) is 35.8 Å². The molecule has 0 aromatic rings. The molecule has 0 radical (unpaired) electrons. The van der Waals surface area contributed by atoms with Crippen molar-refractivity contribution in [2.75, 3.05) is 11.5 Å². The molecule has 0 aliphatic rings. The van der Waals surface area contributed by atoms with Crippen LogP contribution in [0.2, 0.25) is 0 Å². The van der Waals surface area contributed by atoms with Gasteiger partial charge in [0, 0.05) is 6.04 Å². The summed E-state index contributed by atoms with van der Waals surface area (Å²) in [7, 11) is 0. The first-order valence-corrected chi connectivity index (χ1v) is 6.46. The Balaban J connectivity index is 3.83. The van der Waals surface area contributed by atoms with Gasteiger partial charge in [0.25, 0.3) is 0 Å². The van der Waals surface area contributed by atoms with Crippen molar-refractivity contribution in [3.8, 4) is 6.07 Å². The summed E-state index contributed by atoms with van der Waals surface area (Å²) in [5.41, 5.74) is -0.352. The zero-order valence-corrected chi connectivity index (χ0v) is 10.6. The summed E-state index contributed by atoms with van der Waals surface area (Å²) in [6.45, 7) is 8.33. The van der Waals surface area contributed by atoms with Crippen molar-refractivity contribution in [3.63, 3.8) is 0 Å². The van der Waals surface area contributed by atoms with Crippen LogP contribution in [-0.2, 0) is 0 Å². The van der Waals surface area contributed by atoms with Crippen LogP contribution >= 0.6 is 11.8 Å². The highest BCUT2D eigenvalue weighted by Gasteiger charge is 2.23. The van der Waals surface area contributed by atoms with Crippen LogP contribution in [0.1, 0.15) is 40.5 Å². The molecule has 0 fully saturated rings. The van der Waals surface area contributed by atoms with Gasteiger partial charge in [-0.3, -0.25) is 5.32 Å². The molecule has 0 saturated carbocycles. The van der Waals surface area contributed by atoms with E-state index in [4.69, 9.17) is 5.26 Å². The molecule has 0 rings (SSSR count). The molecule has 1 atom stereocenters. The Morgan fingerprint density at radius 3 is 2.50 bits per heavy atom. The first kappa shape index (κ1) is 13.8. The van der Waals surface area contributed by atoms with Crippen molar-refractivity contribution in [1.82, 2.24) is 5.32 Å². The summed E-state index contributed by atoms with van der Waals surface area (Å²) < 4.78 is 0. The van der Waals surface area contributed by atoms with E-state index in [2.05, 4.69) is 32.2 Å². The van der Waals surface area contributed by atoms with Gasteiger partial charge in [-0.25, -0.2) is 0 Å². The Kier molecular flexibility index (Phi) is 7.04. The quantitative estimate of drug-likeness (QED) is 0.662. The fourth-order valence-corrected chi connectivity index (χ4v) is 2.37. The van der Waals surface area contributed by atoms with E-state index >= 15 is 0 Å². The van der Waals surface area contributed by atoms with Gasteiger partial charge < -0.3 is 0 Å². The van der Waals surface area contributed by atoms with Crippen LogP contribution in [0.3, 0.4) is 0 Å². The van der Waals surface area contributed by atoms with Gasteiger partial charge in [0.05, 0.1) is 6.07 Å². The molecule has 0 aromatic heterocycles. The second kappa shape index (κ2) is 7.14. The Hall–Kier alpha value is -0.200. The standard InChI is InChI=1S/C11H22N2S/c1-5-7-14-8-6-11(4,9-12)13-10(2)3/h10,13H,5-8H2,1-4H3. The lowest BCUT2D eigenvalue weighted by Crippen LogP contribution is -2.45. The Morgan fingerprint density at radius 1 is 1.43 bits per heavy atom. The van der Waals surface area contributed by atoms with Gasteiger partial charge in [-0.05, 0) is 45.1 Å². The maximum atomic E-state index is 9.07. The van der Waals surface area contributed by atoms with Gasteiger partial charge in [-0.2, -0.15) is 17.0 Å². The molecule has 2 nitrogen and oxygen atoms in total. The first-order valence-electron chi connectivity index (χ1n) is 5.30. The lowest BCUT2D eigenvalue weighted by molar-refractivity contribution is 0.397. The van der Waals surface area contributed by atoms with E-state index < -0.39 is 0 Å². The molecule has 0 saturated heterocycles. The number of hydrogen-bond acceptors (Lipinski definition) is 3. The largest absolute Gasteiger partial charge is 0.297 e. The third-order valence-electron chi connectivity index (χ3n) is 1.95. The molecule has 82 valence electrons. The van der Waals surface area contributed by atoms with Gasteiger partial charge in [-0.1, -0.05) is 6.92 Å². The third-order valence-corrected chi connectivity index (χ3v) is 3.14. The summed E-state index contributed by atoms with van der Waals surface area (Å²) >= 11 is 1.93. The van der Waals surface area contributed by atoms with E-state index in [-0.39, 0.29) is 5.54 Å². The van der Waals surface area contributed by atoms with Gasteiger partial charge in [-0.15, -0.1) is 0 Å². The van der Waals surface area contributed by atoms with Crippen LogP contribution in [0.5, 0.6) is 0 Å². The molecule has 1 unspecified atom stereocenters. The van der Waals surface area contributed by atoms with Gasteiger partial charge >= 0.3 is 0 Å². The second-order valence-electron chi connectivity index (χ2n) is 4.11. The number of rotatable bonds is 7. The molecule has 0 heterocycles. The Morgan fingerprint density at radius 2 is 2.07 bits per heavy atom. The van der Waals surface area contributed by atoms with Crippen LogP contribution in [0.4, 0.5) is 0 Å². The average Bonchev–Trinajstić information content (AvgIpc) is 2.11. The van der Waals surface area contributed by atoms with Gasteiger partial charge in [0.2, 0.25) is 0 Å². The monoisotopic (exact) mass is 214 g/mol. The van der Waals surface area contributed by atoms with E-state index in [1.165, 1.54) is 12.2 Å². The summed E-state index contributed by atoms with van der Waals surface area (Å²) in [6.07, 6.45) is 2.14. The Bertz CT molecular complexity index is 186. The average molecular weight is 214 g/mol. The number of thioether (sulfide) groups is 1. The molecule has 3 heteroatoms. The van der Waals surface area contributed by atoms with Crippen molar-refractivity contribution < 1.29 is 0 Å². The van der Waals surface area contributed by atoms with E-state index in [0.29, 0.717) is 6.04 Å². The molecular formula is C11H22N2S. The minimum atomic E-state index is -0.352. The smallest absolute Gasteiger partial charge is 0.104 e. The van der Waals surface area contributed by atoms with Crippen molar-refractivity contribution in [2.24, 2.45) is 0 Å². The number of nitriles is 1. The normalized spacial score (nSPS) is 15.1. The molecule has 0 aromatic carbocycles. The second-order valence-corrected chi connectivity index (χ2v) is 5.33. The number of nitrogens with one attached hydrogen (secondary N) is 1. The predicted molar refractivity (Wildman–Crippen MR) is 64.5 cm³/mol. The lowest BCUT2D eigenvalue weighted by Gasteiger charge is -2.25. The zero-order chi connectivity index (χ0) is 11.0. The van der Waals surface area contributed by atoms with E-state index in [9.17, 15) is 0 Å². The summed E-state index contributed by atoms with van der Waals surface area (Å²) in [5, 5.41) is 12.4. The lowest BCUT2D eigenvalue weighted by atomic mass is 10.0. The van der Waals surface area contributed by atoms with Crippen LogP contribution in [0.15, 0.2) is 0 Å². The minimum Gasteiger partial charge on any atom is -0.297 e. The molecular weight excluding hydrogens is 192 g/mol. The highest BCUT2D eigenvalue weighted by Crippen LogP contribution is 2.14. The predicted octanol–water partition coefficient (Wildman–Crippen LogP) is 2.80. The van der Waals surface area contributed by atoms with Crippen molar-refractivity contribution in [1.29, 1.82) is 5.26 Å². The van der Waals surface area contributed by atoms with Crippen molar-refractivity contribution >= 4 is 11.8 Å². The highest BCUT2D eigenvalue weighted by atomic mass is 32.2. The molecule has 0 aliphatic heterocycles. The van der Waals surface area contributed by atoms with Crippen LogP contribution in [0, 0.1) is 11.3 Å². The number of nitrogens with zero attached hydrogens (tertiary/aromatic N) is 1.